The van der Waals surface area contributed by atoms with Crippen molar-refractivity contribution in [2.24, 2.45) is 0 Å². The summed E-state index contributed by atoms with van der Waals surface area (Å²) in [5, 5.41) is 18.9. The highest BCUT2D eigenvalue weighted by Crippen LogP contribution is 2.39. The maximum atomic E-state index is 12.5. The highest BCUT2D eigenvalue weighted by atomic mass is 19.4. The number of pyridine rings is 1. The van der Waals surface area contributed by atoms with Gasteiger partial charge in [-0.25, -0.2) is 8.78 Å². The van der Waals surface area contributed by atoms with E-state index in [0.29, 0.717) is 0 Å². The Morgan fingerprint density at radius 2 is 2.00 bits per heavy atom. The van der Waals surface area contributed by atoms with Gasteiger partial charge in [0.05, 0.1) is 5.56 Å². The molecule has 0 aliphatic rings. The molecule has 0 spiro atoms. The number of nitro groups is 1. The van der Waals surface area contributed by atoms with Crippen molar-refractivity contribution in [2.45, 2.75) is 12.6 Å². The Balaban J connectivity index is 3.72. The summed E-state index contributed by atoms with van der Waals surface area (Å²) in [6.07, 6.45) is -8.95. The topological polar surface area (TPSA) is 79.8 Å². The van der Waals surface area contributed by atoms with E-state index in [2.05, 4.69) is 4.98 Å². The molecular formula is C8H2F5N3O2. The molecule has 96 valence electrons. The monoisotopic (exact) mass is 267 g/mol. The average molecular weight is 267 g/mol. The summed E-state index contributed by atoms with van der Waals surface area (Å²) in [6, 6.07) is 0.955. The minimum atomic E-state index is -5.18. The smallest absolute Gasteiger partial charge is 0.358 e. The molecule has 0 saturated carbocycles. The molecule has 1 aromatic rings. The number of aromatic nitrogens is 1. The van der Waals surface area contributed by atoms with Crippen molar-refractivity contribution >= 4 is 5.82 Å². The first kappa shape index (κ1) is 13.8. The van der Waals surface area contributed by atoms with Crippen LogP contribution in [0.2, 0.25) is 0 Å². The number of rotatable bonds is 2. The van der Waals surface area contributed by atoms with Crippen LogP contribution in [0.1, 0.15) is 23.1 Å². The molecule has 18 heavy (non-hydrogen) atoms. The van der Waals surface area contributed by atoms with E-state index in [9.17, 15) is 32.1 Å². The molecule has 10 heteroatoms. The fourth-order valence-electron chi connectivity index (χ4n) is 1.22. The normalized spacial score (nSPS) is 11.4. The molecule has 0 radical (unpaired) electrons. The molecule has 0 fully saturated rings. The zero-order chi connectivity index (χ0) is 14.1. The summed E-state index contributed by atoms with van der Waals surface area (Å²) in [5.41, 5.74) is -4.98. The molecule has 0 aromatic carbocycles. The van der Waals surface area contributed by atoms with Gasteiger partial charge in [0, 0.05) is 0 Å². The standard InChI is InChI=1S/C8H2F5N3O2/c9-6(10)5-3(1-14)7(16(17)18)15-2-4(5)8(11,12)13/h2,6H. The van der Waals surface area contributed by atoms with Crippen LogP contribution in [0.15, 0.2) is 6.20 Å². The molecule has 0 N–H and O–H groups in total. The molecule has 0 aliphatic carbocycles. The molecule has 0 unspecified atom stereocenters. The van der Waals surface area contributed by atoms with E-state index in [0.717, 1.165) is 6.07 Å². The Kier molecular flexibility index (Phi) is 3.45. The second-order valence-corrected chi connectivity index (χ2v) is 2.95. The van der Waals surface area contributed by atoms with Gasteiger partial charge in [0.15, 0.2) is 11.8 Å². The van der Waals surface area contributed by atoms with E-state index >= 15 is 0 Å². The summed E-state index contributed by atoms with van der Waals surface area (Å²) in [4.78, 5) is 11.9. The maximum Gasteiger partial charge on any atom is 0.420 e. The molecule has 0 amide bonds. The predicted octanol–water partition coefficient (Wildman–Crippen LogP) is 2.82. The Labute approximate surface area is 95.6 Å². The highest BCUT2D eigenvalue weighted by molar-refractivity contribution is 5.53. The first-order valence-corrected chi connectivity index (χ1v) is 4.12. The zero-order valence-electron chi connectivity index (χ0n) is 8.20. The summed E-state index contributed by atoms with van der Waals surface area (Å²) in [5.74, 6) is -1.33. The molecule has 1 heterocycles. The van der Waals surface area contributed by atoms with Gasteiger partial charge < -0.3 is 10.1 Å². The van der Waals surface area contributed by atoms with Crippen LogP contribution in [0.3, 0.4) is 0 Å². The van der Waals surface area contributed by atoms with Crippen LogP contribution in [-0.4, -0.2) is 9.91 Å². The van der Waals surface area contributed by atoms with E-state index in [4.69, 9.17) is 5.26 Å². The van der Waals surface area contributed by atoms with Gasteiger partial charge >= 0.3 is 12.0 Å². The third kappa shape index (κ3) is 2.34. The van der Waals surface area contributed by atoms with Crippen LogP contribution in [0.4, 0.5) is 27.8 Å². The van der Waals surface area contributed by atoms with Gasteiger partial charge in [0.1, 0.15) is 11.6 Å². The molecule has 0 bridgehead atoms. The van der Waals surface area contributed by atoms with Crippen LogP contribution in [0, 0.1) is 21.4 Å². The zero-order valence-corrected chi connectivity index (χ0v) is 8.20. The number of hydrogen-bond donors (Lipinski definition) is 0. The van der Waals surface area contributed by atoms with Crippen LogP contribution < -0.4 is 0 Å². The number of halogens is 5. The lowest BCUT2D eigenvalue weighted by atomic mass is 10.0. The van der Waals surface area contributed by atoms with Crippen LogP contribution in [-0.2, 0) is 6.18 Å². The van der Waals surface area contributed by atoms with Gasteiger partial charge in [0.2, 0.25) is 0 Å². The van der Waals surface area contributed by atoms with Crippen molar-refractivity contribution in [1.82, 2.24) is 4.98 Å². The molecular weight excluding hydrogens is 265 g/mol. The Bertz CT molecular complexity index is 535. The van der Waals surface area contributed by atoms with Crippen molar-refractivity contribution in [2.75, 3.05) is 0 Å². The first-order valence-electron chi connectivity index (χ1n) is 4.12. The van der Waals surface area contributed by atoms with E-state index in [1.807, 2.05) is 0 Å². The van der Waals surface area contributed by atoms with E-state index in [-0.39, 0.29) is 6.20 Å². The van der Waals surface area contributed by atoms with E-state index < -0.39 is 40.0 Å². The van der Waals surface area contributed by atoms with E-state index in [1.165, 1.54) is 0 Å². The number of nitriles is 1. The van der Waals surface area contributed by atoms with E-state index in [1.54, 1.807) is 0 Å². The maximum absolute atomic E-state index is 12.5. The van der Waals surface area contributed by atoms with Crippen molar-refractivity contribution in [3.05, 3.63) is 33.0 Å². The molecule has 1 aromatic heterocycles. The lowest BCUT2D eigenvalue weighted by molar-refractivity contribution is -0.390. The molecule has 0 atom stereocenters. The Morgan fingerprint density at radius 1 is 1.44 bits per heavy atom. The van der Waals surface area contributed by atoms with Crippen molar-refractivity contribution < 1.29 is 26.9 Å². The third-order valence-corrected chi connectivity index (χ3v) is 1.91. The van der Waals surface area contributed by atoms with Crippen LogP contribution in [0.5, 0.6) is 0 Å². The fourth-order valence-corrected chi connectivity index (χ4v) is 1.22. The molecule has 0 saturated heterocycles. The van der Waals surface area contributed by atoms with Gasteiger partial charge in [-0.15, -0.1) is 0 Å². The van der Waals surface area contributed by atoms with Crippen molar-refractivity contribution in [3.8, 4) is 6.07 Å². The summed E-state index contributed by atoms with van der Waals surface area (Å²) in [6.45, 7) is 0. The fraction of sp³-hybridized carbons (Fsp3) is 0.250. The minimum absolute atomic E-state index is 0.0829. The molecule has 1 rings (SSSR count). The number of alkyl halides is 5. The lowest BCUT2D eigenvalue weighted by Gasteiger charge is -2.11. The third-order valence-electron chi connectivity index (χ3n) is 1.91. The van der Waals surface area contributed by atoms with Gasteiger partial charge in [-0.3, -0.25) is 0 Å². The SMILES string of the molecule is N#Cc1c([N+](=O)[O-])ncc(C(F)(F)F)c1C(F)F. The van der Waals surface area contributed by atoms with Gasteiger partial charge in [-0.2, -0.15) is 18.4 Å². The summed E-state index contributed by atoms with van der Waals surface area (Å²) in [7, 11) is 0. The number of hydrogen-bond acceptors (Lipinski definition) is 4. The van der Waals surface area contributed by atoms with Crippen LogP contribution >= 0.6 is 0 Å². The lowest BCUT2D eigenvalue weighted by Crippen LogP contribution is -2.13. The summed E-state index contributed by atoms with van der Waals surface area (Å²) >= 11 is 0. The average Bonchev–Trinajstić information content (AvgIpc) is 2.25. The quantitative estimate of drug-likeness (QED) is 0.468. The molecule has 0 aliphatic heterocycles. The number of nitrogens with zero attached hydrogens (tertiary/aromatic N) is 3. The second kappa shape index (κ2) is 4.52. The van der Waals surface area contributed by atoms with Crippen molar-refractivity contribution in [1.29, 1.82) is 5.26 Å². The van der Waals surface area contributed by atoms with Gasteiger partial charge in [-0.05, 0) is 9.91 Å². The largest absolute Gasteiger partial charge is 0.420 e. The molecule has 5 nitrogen and oxygen atoms in total. The summed E-state index contributed by atoms with van der Waals surface area (Å²) < 4.78 is 62.3. The van der Waals surface area contributed by atoms with Gasteiger partial charge in [0.25, 0.3) is 6.43 Å². The minimum Gasteiger partial charge on any atom is -0.358 e. The van der Waals surface area contributed by atoms with Crippen LogP contribution in [0.25, 0.3) is 0 Å². The Hall–Kier alpha value is -2.31. The second-order valence-electron chi connectivity index (χ2n) is 2.95. The van der Waals surface area contributed by atoms with Crippen molar-refractivity contribution in [3.63, 3.8) is 0 Å². The predicted molar refractivity (Wildman–Crippen MR) is 45.6 cm³/mol. The highest BCUT2D eigenvalue weighted by Gasteiger charge is 2.41. The first-order chi connectivity index (χ1) is 8.20. The van der Waals surface area contributed by atoms with Gasteiger partial charge in [-0.1, -0.05) is 0 Å². The Morgan fingerprint density at radius 3 is 2.33 bits per heavy atom.